The number of nitrogens with zero attached hydrogens (tertiary/aromatic N) is 2. The lowest BCUT2D eigenvalue weighted by Gasteiger charge is -2.29. The minimum atomic E-state index is -1.58. The third kappa shape index (κ3) is 21.5. The number of aliphatic hydroxyl groups is 1. The number of Topliss-reactive ketones (excluding diaryl/α,β-unsaturated/α-hetero) is 3. The summed E-state index contributed by atoms with van der Waals surface area (Å²) in [4.78, 5) is 156. The molecule has 0 unspecified atom stereocenters. The summed E-state index contributed by atoms with van der Waals surface area (Å²) in [5.74, 6) is -8.32. The topological polar surface area (TPSA) is 422 Å². The van der Waals surface area contributed by atoms with Crippen LogP contribution >= 0.6 is 0 Å². The summed E-state index contributed by atoms with van der Waals surface area (Å²) in [5, 5.41) is 39.6. The summed E-state index contributed by atoms with van der Waals surface area (Å²) in [6.07, 6.45) is -1.21. The number of benzene rings is 3. The van der Waals surface area contributed by atoms with E-state index in [4.69, 9.17) is 17.2 Å². The first-order valence-corrected chi connectivity index (χ1v) is 28.1. The van der Waals surface area contributed by atoms with E-state index in [0.717, 1.165) is 21.4 Å². The molecular formula is C59H79N13O13. The molecule has 1 aliphatic heterocycles. The van der Waals surface area contributed by atoms with Crippen molar-refractivity contribution in [3.05, 3.63) is 102 Å². The smallest absolute Gasteiger partial charge is 0.315 e. The second kappa shape index (κ2) is 32.6. The standard InChI is InChI=1S/C59H79N13O13/c1-33(2)23-43(50(77)27-37(13-10-22-64-58(62)63-4)55(82)70-46(54(61)81)26-38-30-65-42-15-9-8-14-41(38)42)71-59(85)66-31-51(78)44(24-35-11-6-5-7-12-35)68-53(80)21-20-49(76)45(29-52(60)79)69-56(83)48-28-40(75)32-72(48)57(84)47(67-34(3)73)25-36-16-18-39(74)19-17-36/h5-9,11-12,14-19,30,33,37,40,43-48,65,74-75H,10,13,20-29,31-32H2,1-4H3,(H2,60,79)(H2,61,81)(H,67,73)(H,68,80)(H,69,83)(H,70,82)(H3,62,63,64)(H2,66,71,85)/t37-,40-,43+,44+,45+,46+,47-,48+/m1/s1. The molecule has 8 atom stereocenters. The second-order valence-electron chi connectivity index (χ2n) is 21.6. The number of amides is 9. The Labute approximate surface area is 492 Å². The van der Waals surface area contributed by atoms with Gasteiger partial charge in [0.1, 0.15) is 23.9 Å². The molecule has 1 aliphatic rings. The average Bonchev–Trinajstić information content (AvgIpc) is 3.61. The molecule has 26 nitrogen and oxygen atoms in total. The van der Waals surface area contributed by atoms with E-state index in [1.165, 1.54) is 26.1 Å². The summed E-state index contributed by atoms with van der Waals surface area (Å²) in [5.41, 5.74) is 19.8. The number of likely N-dealkylation sites (tertiary alicyclic amines) is 1. The maximum Gasteiger partial charge on any atom is 0.315 e. The lowest BCUT2D eigenvalue weighted by Crippen LogP contribution is -2.56. The van der Waals surface area contributed by atoms with Crippen LogP contribution in [0.2, 0.25) is 0 Å². The van der Waals surface area contributed by atoms with Crippen molar-refractivity contribution in [1.29, 1.82) is 0 Å². The molecule has 0 spiro atoms. The maximum absolute atomic E-state index is 14.2. The third-order valence-corrected chi connectivity index (χ3v) is 14.3. The van der Waals surface area contributed by atoms with Crippen molar-refractivity contribution >= 4 is 81.6 Å². The molecule has 1 fully saturated rings. The van der Waals surface area contributed by atoms with Crippen LogP contribution in [0.15, 0.2) is 90.1 Å². The minimum absolute atomic E-state index is 0.0259. The molecule has 2 heterocycles. The number of carbonyl (C=O) groups excluding carboxylic acids is 11. The zero-order valence-electron chi connectivity index (χ0n) is 48.2. The van der Waals surface area contributed by atoms with E-state index in [0.29, 0.717) is 24.1 Å². The Bertz CT molecular complexity index is 3040. The number of aromatic amines is 1. The number of primary amides is 2. The Balaban J connectivity index is 1.22. The maximum atomic E-state index is 14.2. The molecule has 1 saturated heterocycles. The summed E-state index contributed by atoms with van der Waals surface area (Å²) >= 11 is 0. The van der Waals surface area contributed by atoms with Gasteiger partial charge in [0.05, 0.1) is 37.2 Å². The highest BCUT2D eigenvalue weighted by Crippen LogP contribution is 2.24. The molecule has 0 bridgehead atoms. The van der Waals surface area contributed by atoms with Crippen LogP contribution in [-0.4, -0.2) is 160 Å². The lowest BCUT2D eigenvalue weighted by atomic mass is 9.90. The van der Waals surface area contributed by atoms with E-state index in [9.17, 15) is 63.0 Å². The van der Waals surface area contributed by atoms with Crippen molar-refractivity contribution in [2.24, 2.45) is 34.0 Å². The number of phenolic OH excluding ortho intramolecular Hbond substituents is 1. The minimum Gasteiger partial charge on any atom is -0.508 e. The van der Waals surface area contributed by atoms with E-state index < -0.39 is 139 Å². The van der Waals surface area contributed by atoms with Gasteiger partial charge < -0.3 is 74.5 Å². The summed E-state index contributed by atoms with van der Waals surface area (Å²) < 4.78 is 0. The number of rotatable bonds is 33. The van der Waals surface area contributed by atoms with Gasteiger partial charge in [-0.15, -0.1) is 0 Å². The number of carbonyl (C=O) groups is 11. The van der Waals surface area contributed by atoms with E-state index in [-0.39, 0.29) is 69.1 Å². The number of hydrogen-bond donors (Lipinski definition) is 13. The van der Waals surface area contributed by atoms with E-state index in [1.807, 2.05) is 38.1 Å². The number of guanidine groups is 1. The van der Waals surface area contributed by atoms with Gasteiger partial charge in [0, 0.05) is 88.6 Å². The number of aliphatic imine (C=N–C) groups is 1. The number of H-pyrrole nitrogens is 1. The van der Waals surface area contributed by atoms with Gasteiger partial charge >= 0.3 is 6.03 Å². The fraction of sp³-hybridized carbons (Fsp3) is 0.458. The molecule has 0 radical (unpaired) electrons. The number of aromatic nitrogens is 1. The molecule has 9 amide bonds. The van der Waals surface area contributed by atoms with Gasteiger partial charge in [0.2, 0.25) is 41.4 Å². The van der Waals surface area contributed by atoms with Crippen LogP contribution in [0.5, 0.6) is 5.75 Å². The van der Waals surface area contributed by atoms with Crippen molar-refractivity contribution < 1.29 is 63.0 Å². The third-order valence-electron chi connectivity index (χ3n) is 14.3. The molecule has 4 aromatic rings. The number of urea groups is 1. The summed E-state index contributed by atoms with van der Waals surface area (Å²) in [7, 11) is 1.50. The van der Waals surface area contributed by atoms with Crippen LogP contribution in [-0.2, 0) is 67.2 Å². The number of aliphatic hydroxyl groups excluding tert-OH is 1. The van der Waals surface area contributed by atoms with Crippen LogP contribution in [0.1, 0.15) is 88.8 Å². The van der Waals surface area contributed by atoms with Crippen LogP contribution in [0.4, 0.5) is 4.79 Å². The van der Waals surface area contributed by atoms with Crippen molar-refractivity contribution in [3.63, 3.8) is 0 Å². The van der Waals surface area contributed by atoms with Gasteiger partial charge in [0.15, 0.2) is 23.3 Å². The number of nitrogens with one attached hydrogen (secondary N) is 8. The van der Waals surface area contributed by atoms with Gasteiger partial charge in [0.25, 0.3) is 0 Å². The van der Waals surface area contributed by atoms with Crippen molar-refractivity contribution in [2.75, 3.05) is 26.7 Å². The lowest BCUT2D eigenvalue weighted by molar-refractivity contribution is -0.142. The van der Waals surface area contributed by atoms with Gasteiger partial charge in [-0.25, -0.2) is 4.79 Å². The highest BCUT2D eigenvalue weighted by atomic mass is 16.3. The number of β-amino-alcohol motifs (C(OH)–C–C–N with tert-alkyl or cyclic N) is 1. The molecule has 5 rings (SSSR count). The number of hydrogen-bond acceptors (Lipinski definition) is 14. The Hall–Kier alpha value is -9.20. The van der Waals surface area contributed by atoms with E-state index in [2.05, 4.69) is 47.2 Å². The monoisotopic (exact) mass is 1180 g/mol. The first-order chi connectivity index (χ1) is 40.4. The van der Waals surface area contributed by atoms with Gasteiger partial charge in [-0.3, -0.25) is 52.9 Å². The highest BCUT2D eigenvalue weighted by Gasteiger charge is 2.43. The fourth-order valence-corrected chi connectivity index (χ4v) is 9.94. The molecule has 0 aliphatic carbocycles. The van der Waals surface area contributed by atoms with Crippen LogP contribution in [0.25, 0.3) is 10.9 Å². The predicted molar refractivity (Wildman–Crippen MR) is 313 cm³/mol. The Morgan fingerprint density at radius 2 is 1.38 bits per heavy atom. The summed E-state index contributed by atoms with van der Waals surface area (Å²) in [6, 6.07) is 13.3. The molecule has 458 valence electrons. The highest BCUT2D eigenvalue weighted by molar-refractivity contribution is 5.99. The Morgan fingerprint density at radius 3 is 2.04 bits per heavy atom. The fourth-order valence-electron chi connectivity index (χ4n) is 9.94. The van der Waals surface area contributed by atoms with Gasteiger partial charge in [-0.1, -0.05) is 74.5 Å². The largest absolute Gasteiger partial charge is 0.508 e. The Kier molecular flexibility index (Phi) is 25.5. The van der Waals surface area contributed by atoms with Gasteiger partial charge in [-0.05, 0) is 66.5 Å². The first kappa shape index (κ1) is 66.6. The zero-order valence-corrected chi connectivity index (χ0v) is 48.2. The number of ketones is 3. The van der Waals surface area contributed by atoms with Crippen LogP contribution in [0, 0.1) is 11.8 Å². The second-order valence-corrected chi connectivity index (χ2v) is 21.6. The number of phenols is 1. The SMILES string of the molecule is CN=C(N)NCCC[C@H](CC(=O)[C@H](CC(C)C)NC(=O)NCC(=O)[C@H](Cc1ccccc1)NC(=O)CCC(=O)[C@H](CC(N)=O)NC(=O)[C@@H]1C[C@@H](O)CN1C(=O)[C@@H](Cc1ccc(O)cc1)NC(C)=O)C(=O)N[C@@H](Cc1c[nH]c2ccccc12)C(N)=O. The van der Waals surface area contributed by atoms with Crippen molar-refractivity contribution in [2.45, 2.75) is 134 Å². The quantitative estimate of drug-likeness (QED) is 0.0166. The van der Waals surface area contributed by atoms with Crippen LogP contribution < -0.4 is 54.4 Å². The first-order valence-electron chi connectivity index (χ1n) is 28.1. The normalized spacial score (nSPS) is 16.2. The number of fused-ring (bicyclic) bond motifs is 1. The molecule has 85 heavy (non-hydrogen) atoms. The number of para-hydroxylation sites is 1. The van der Waals surface area contributed by atoms with Gasteiger partial charge in [-0.2, -0.15) is 0 Å². The van der Waals surface area contributed by atoms with Crippen molar-refractivity contribution in [1.82, 2.24) is 47.1 Å². The Morgan fingerprint density at radius 1 is 0.706 bits per heavy atom. The molecule has 3 aromatic carbocycles. The van der Waals surface area contributed by atoms with Crippen LogP contribution in [0.3, 0.4) is 0 Å². The molecule has 16 N–H and O–H groups in total. The average molecular weight is 1180 g/mol. The molecule has 26 heteroatoms. The predicted octanol–water partition coefficient (Wildman–Crippen LogP) is -0.295. The zero-order chi connectivity index (χ0) is 62.3. The van der Waals surface area contributed by atoms with Crippen molar-refractivity contribution in [3.8, 4) is 5.75 Å². The molecule has 1 aromatic heterocycles. The summed E-state index contributed by atoms with van der Waals surface area (Å²) in [6.45, 7) is 4.22. The van der Waals surface area contributed by atoms with E-state index >= 15 is 0 Å². The molecule has 0 saturated carbocycles. The molecular weight excluding hydrogens is 1100 g/mol. The number of aromatic hydroxyl groups is 1. The van der Waals surface area contributed by atoms with E-state index in [1.54, 1.807) is 48.7 Å². The number of nitrogens with two attached hydrogens (primary N) is 3.